The molecule has 1 aromatic heterocycles. The zero-order valence-electron chi connectivity index (χ0n) is 11.1. The predicted molar refractivity (Wildman–Crippen MR) is 71.7 cm³/mol. The topological polar surface area (TPSA) is 82.6 Å². The lowest BCUT2D eigenvalue weighted by Crippen LogP contribution is -2.05. The molecule has 0 radical (unpaired) electrons. The molecule has 0 amide bonds. The van der Waals surface area contributed by atoms with Crippen molar-refractivity contribution in [2.75, 3.05) is 12.8 Å². The molecule has 0 unspecified atom stereocenters. The van der Waals surface area contributed by atoms with Crippen LogP contribution in [0.15, 0.2) is 29.7 Å². The summed E-state index contributed by atoms with van der Waals surface area (Å²) in [5.41, 5.74) is 6.47. The van der Waals surface area contributed by atoms with E-state index < -0.39 is 11.6 Å². The normalized spacial score (nSPS) is 10.8. The van der Waals surface area contributed by atoms with Crippen molar-refractivity contribution in [1.29, 1.82) is 0 Å². The number of aromatic nitrogens is 2. The molecule has 1 aromatic carbocycles. The molecule has 6 nitrogen and oxygen atoms in total. The van der Waals surface area contributed by atoms with Crippen LogP contribution in [0.5, 0.6) is 5.88 Å². The Balaban J connectivity index is 2.17. The van der Waals surface area contributed by atoms with Crippen molar-refractivity contribution in [2.45, 2.75) is 6.61 Å². The van der Waals surface area contributed by atoms with E-state index in [0.717, 1.165) is 12.1 Å². The summed E-state index contributed by atoms with van der Waals surface area (Å²) in [6.07, 6.45) is 2.52. The van der Waals surface area contributed by atoms with Crippen LogP contribution in [0.4, 0.5) is 14.6 Å². The summed E-state index contributed by atoms with van der Waals surface area (Å²) in [6, 6.07) is 3.48. The molecule has 2 N–H and O–H groups in total. The fourth-order valence-electron chi connectivity index (χ4n) is 1.52. The van der Waals surface area contributed by atoms with Crippen molar-refractivity contribution in [3.05, 3.63) is 47.3 Å². The number of hydrogen-bond acceptors (Lipinski definition) is 6. The highest BCUT2D eigenvalue weighted by Crippen LogP contribution is 2.19. The zero-order chi connectivity index (χ0) is 15.2. The van der Waals surface area contributed by atoms with E-state index in [2.05, 4.69) is 20.0 Å². The number of rotatable bonds is 5. The highest BCUT2D eigenvalue weighted by Gasteiger charge is 2.10. The maximum atomic E-state index is 13.1. The van der Waals surface area contributed by atoms with Crippen LogP contribution < -0.4 is 10.5 Å². The first kappa shape index (κ1) is 14.6. The molecule has 110 valence electrons. The summed E-state index contributed by atoms with van der Waals surface area (Å²) in [4.78, 5) is 12.3. The number of nitrogens with two attached hydrogens (primary N) is 1. The molecule has 0 fully saturated rings. The summed E-state index contributed by atoms with van der Waals surface area (Å²) < 4.78 is 31.4. The molecule has 0 aliphatic heterocycles. The van der Waals surface area contributed by atoms with Crippen LogP contribution in [0.1, 0.15) is 11.1 Å². The molecule has 0 saturated carbocycles. The van der Waals surface area contributed by atoms with Gasteiger partial charge >= 0.3 is 0 Å². The van der Waals surface area contributed by atoms with Crippen molar-refractivity contribution in [2.24, 2.45) is 5.16 Å². The average molecular weight is 294 g/mol. The van der Waals surface area contributed by atoms with Gasteiger partial charge in [-0.2, -0.15) is 0 Å². The number of halogens is 2. The maximum absolute atomic E-state index is 13.1. The number of oxime groups is 1. The van der Waals surface area contributed by atoms with Crippen molar-refractivity contribution >= 4 is 12.0 Å². The molecule has 0 atom stereocenters. The Morgan fingerprint density at radius 2 is 2.10 bits per heavy atom. The number of hydrogen-bond donors (Lipinski definition) is 1. The summed E-state index contributed by atoms with van der Waals surface area (Å²) in [5.74, 6) is -1.54. The van der Waals surface area contributed by atoms with Gasteiger partial charge in [-0.05, 0) is 17.7 Å². The van der Waals surface area contributed by atoms with Crippen LogP contribution in [0.2, 0.25) is 0 Å². The lowest BCUT2D eigenvalue weighted by atomic mass is 10.2. The summed E-state index contributed by atoms with van der Waals surface area (Å²) >= 11 is 0. The number of anilines is 1. The van der Waals surface area contributed by atoms with Gasteiger partial charge in [0.15, 0.2) is 11.6 Å². The highest BCUT2D eigenvalue weighted by atomic mass is 19.2. The Kier molecular flexibility index (Phi) is 4.60. The van der Waals surface area contributed by atoms with Crippen molar-refractivity contribution in [3.63, 3.8) is 0 Å². The molecule has 21 heavy (non-hydrogen) atoms. The van der Waals surface area contributed by atoms with Crippen molar-refractivity contribution < 1.29 is 18.4 Å². The van der Waals surface area contributed by atoms with E-state index in [9.17, 15) is 8.78 Å². The minimum absolute atomic E-state index is 0.0124. The van der Waals surface area contributed by atoms with Crippen molar-refractivity contribution in [3.8, 4) is 5.88 Å². The van der Waals surface area contributed by atoms with E-state index in [1.54, 1.807) is 0 Å². The number of nitrogens with zero attached hydrogens (tertiary/aromatic N) is 3. The third-order valence-corrected chi connectivity index (χ3v) is 2.52. The molecule has 0 saturated heterocycles. The number of ether oxygens (including phenoxy) is 1. The van der Waals surface area contributed by atoms with Gasteiger partial charge in [-0.3, -0.25) is 0 Å². The SMILES string of the molecule is CO/N=C\c1c(N)ncnc1OCc1ccc(F)c(F)c1. The van der Waals surface area contributed by atoms with Gasteiger partial charge in [0, 0.05) is 0 Å². The average Bonchev–Trinajstić information content (AvgIpc) is 2.47. The van der Waals surface area contributed by atoms with Crippen LogP contribution in [0.3, 0.4) is 0 Å². The first-order valence-corrected chi connectivity index (χ1v) is 5.85. The molecule has 2 rings (SSSR count). The van der Waals surface area contributed by atoms with E-state index >= 15 is 0 Å². The van der Waals surface area contributed by atoms with E-state index in [1.807, 2.05) is 0 Å². The molecule has 0 bridgehead atoms. The van der Waals surface area contributed by atoms with E-state index in [-0.39, 0.29) is 18.3 Å². The lowest BCUT2D eigenvalue weighted by Gasteiger charge is -2.09. The van der Waals surface area contributed by atoms with Gasteiger partial charge in [-0.25, -0.2) is 18.7 Å². The molecular weight excluding hydrogens is 282 g/mol. The second kappa shape index (κ2) is 6.60. The van der Waals surface area contributed by atoms with Crippen LogP contribution in [0, 0.1) is 11.6 Å². The van der Waals surface area contributed by atoms with Crippen LogP contribution >= 0.6 is 0 Å². The molecule has 0 spiro atoms. The monoisotopic (exact) mass is 294 g/mol. The third kappa shape index (κ3) is 3.62. The van der Waals surface area contributed by atoms with Gasteiger partial charge in [0.2, 0.25) is 5.88 Å². The smallest absolute Gasteiger partial charge is 0.228 e. The standard InChI is InChI=1S/C13H12F2N4O2/c1-20-19-5-9-12(16)17-7-18-13(9)21-6-8-2-3-10(14)11(15)4-8/h2-5,7H,6H2,1H3,(H2,16,17,18)/b19-5-. The molecule has 1 heterocycles. The quantitative estimate of drug-likeness (QED) is 0.672. The minimum Gasteiger partial charge on any atom is -0.472 e. The summed E-state index contributed by atoms with van der Waals surface area (Å²) in [6.45, 7) is -0.0124. The first-order chi connectivity index (χ1) is 10.1. The molecule has 0 aliphatic carbocycles. The second-order valence-corrected chi connectivity index (χ2v) is 3.93. The van der Waals surface area contributed by atoms with Gasteiger partial charge < -0.3 is 15.3 Å². The minimum atomic E-state index is -0.945. The maximum Gasteiger partial charge on any atom is 0.228 e. The van der Waals surface area contributed by atoms with Gasteiger partial charge in [-0.1, -0.05) is 11.2 Å². The van der Waals surface area contributed by atoms with Gasteiger partial charge in [0.25, 0.3) is 0 Å². The van der Waals surface area contributed by atoms with Crippen LogP contribution in [0.25, 0.3) is 0 Å². The number of nitrogen functional groups attached to an aromatic ring is 1. The molecule has 0 aliphatic rings. The Hall–Kier alpha value is -2.77. The van der Waals surface area contributed by atoms with Gasteiger partial charge in [0.1, 0.15) is 31.4 Å². The third-order valence-electron chi connectivity index (χ3n) is 2.52. The molecular formula is C13H12F2N4O2. The lowest BCUT2D eigenvalue weighted by molar-refractivity contribution is 0.215. The number of benzene rings is 1. The Bertz CT molecular complexity index is 665. The van der Waals surface area contributed by atoms with Crippen molar-refractivity contribution in [1.82, 2.24) is 9.97 Å². The van der Waals surface area contributed by atoms with Gasteiger partial charge in [0.05, 0.1) is 6.21 Å². The largest absolute Gasteiger partial charge is 0.472 e. The van der Waals surface area contributed by atoms with E-state index in [4.69, 9.17) is 10.5 Å². The van der Waals surface area contributed by atoms with Crippen LogP contribution in [-0.4, -0.2) is 23.3 Å². The summed E-state index contributed by atoms with van der Waals surface area (Å²) in [5, 5.41) is 3.57. The fraction of sp³-hybridized carbons (Fsp3) is 0.154. The second-order valence-electron chi connectivity index (χ2n) is 3.93. The molecule has 8 heteroatoms. The Labute approximate surface area is 119 Å². The summed E-state index contributed by atoms with van der Waals surface area (Å²) in [7, 11) is 1.37. The van der Waals surface area contributed by atoms with E-state index in [0.29, 0.717) is 11.1 Å². The first-order valence-electron chi connectivity index (χ1n) is 5.85. The Morgan fingerprint density at radius 1 is 1.29 bits per heavy atom. The fourth-order valence-corrected chi connectivity index (χ4v) is 1.52. The predicted octanol–water partition coefficient (Wildman–Crippen LogP) is 1.90. The van der Waals surface area contributed by atoms with E-state index in [1.165, 1.54) is 25.7 Å². The van der Waals surface area contributed by atoms with Gasteiger partial charge in [-0.15, -0.1) is 0 Å². The molecule has 2 aromatic rings. The zero-order valence-corrected chi connectivity index (χ0v) is 11.1. The Morgan fingerprint density at radius 3 is 2.81 bits per heavy atom. The highest BCUT2D eigenvalue weighted by molar-refractivity contribution is 5.87. The van der Waals surface area contributed by atoms with Crippen LogP contribution in [-0.2, 0) is 11.4 Å².